The number of nitriles is 1. The quantitative estimate of drug-likeness (QED) is 0.658. The second kappa shape index (κ2) is 6.90. The number of ketones is 1. The monoisotopic (exact) mass is 339 g/mol. The van der Waals surface area contributed by atoms with Gasteiger partial charge in [0.1, 0.15) is 5.01 Å². The lowest BCUT2D eigenvalue weighted by molar-refractivity contribution is -0.116. The molecule has 0 unspecified atom stereocenters. The SMILES string of the molecule is Cc1csc([C@@H](C#N)C(=O)CSc2ccc3ccccc3n2)n1. The molecule has 0 saturated carbocycles. The highest BCUT2D eigenvalue weighted by molar-refractivity contribution is 7.99. The maximum absolute atomic E-state index is 12.3. The zero-order valence-electron chi connectivity index (χ0n) is 12.4. The number of hydrogen-bond acceptors (Lipinski definition) is 6. The van der Waals surface area contributed by atoms with Crippen molar-refractivity contribution in [1.82, 2.24) is 9.97 Å². The Hall–Kier alpha value is -2.23. The zero-order chi connectivity index (χ0) is 16.2. The van der Waals surface area contributed by atoms with Crippen LogP contribution in [0.3, 0.4) is 0 Å². The molecule has 1 atom stereocenters. The average Bonchev–Trinajstić information content (AvgIpc) is 2.99. The molecule has 0 aliphatic rings. The van der Waals surface area contributed by atoms with E-state index < -0.39 is 5.92 Å². The largest absolute Gasteiger partial charge is 0.297 e. The van der Waals surface area contributed by atoms with Crippen LogP contribution in [-0.4, -0.2) is 21.5 Å². The molecule has 4 nitrogen and oxygen atoms in total. The summed E-state index contributed by atoms with van der Waals surface area (Å²) in [6, 6.07) is 13.8. The van der Waals surface area contributed by atoms with Crippen molar-refractivity contribution < 1.29 is 4.79 Å². The van der Waals surface area contributed by atoms with Crippen molar-refractivity contribution in [1.29, 1.82) is 5.26 Å². The third-order valence-electron chi connectivity index (χ3n) is 3.27. The Balaban J connectivity index is 1.71. The Morgan fingerprint density at radius 2 is 2.13 bits per heavy atom. The second-order valence-corrected chi connectivity index (χ2v) is 6.87. The Morgan fingerprint density at radius 1 is 1.30 bits per heavy atom. The highest BCUT2D eigenvalue weighted by Crippen LogP contribution is 2.25. The minimum absolute atomic E-state index is 0.137. The summed E-state index contributed by atoms with van der Waals surface area (Å²) in [6.07, 6.45) is 0. The van der Waals surface area contributed by atoms with E-state index >= 15 is 0 Å². The lowest BCUT2D eigenvalue weighted by Gasteiger charge is -2.05. The first-order valence-corrected chi connectivity index (χ1v) is 8.87. The molecule has 2 heterocycles. The summed E-state index contributed by atoms with van der Waals surface area (Å²) < 4.78 is 0. The third-order valence-corrected chi connectivity index (χ3v) is 5.25. The molecule has 0 spiro atoms. The molecular formula is C17H13N3OS2. The molecule has 0 aliphatic carbocycles. The highest BCUT2D eigenvalue weighted by Gasteiger charge is 2.23. The Bertz CT molecular complexity index is 898. The summed E-state index contributed by atoms with van der Waals surface area (Å²) in [5, 5.41) is 13.5. The normalized spacial score (nSPS) is 12.0. The Morgan fingerprint density at radius 3 is 2.87 bits per heavy atom. The number of hydrogen-bond donors (Lipinski definition) is 0. The lowest BCUT2D eigenvalue weighted by Crippen LogP contribution is -2.13. The van der Waals surface area contributed by atoms with Gasteiger partial charge in [-0.3, -0.25) is 4.79 Å². The summed E-state index contributed by atoms with van der Waals surface area (Å²) >= 11 is 2.71. The molecule has 0 N–H and O–H groups in total. The van der Waals surface area contributed by atoms with Crippen LogP contribution in [0.1, 0.15) is 16.6 Å². The fourth-order valence-electron chi connectivity index (χ4n) is 2.13. The van der Waals surface area contributed by atoms with Gasteiger partial charge >= 0.3 is 0 Å². The predicted molar refractivity (Wildman–Crippen MR) is 92.7 cm³/mol. The van der Waals surface area contributed by atoms with E-state index in [0.717, 1.165) is 21.6 Å². The van der Waals surface area contributed by atoms with Crippen LogP contribution in [0, 0.1) is 18.3 Å². The molecule has 114 valence electrons. The smallest absolute Gasteiger partial charge is 0.167 e. The standard InChI is InChI=1S/C17H13N3OS2/c1-11-9-23-17(19-11)13(8-18)15(21)10-22-16-7-6-12-4-2-3-5-14(12)20-16/h2-7,9,13H,10H2,1H3/t13-/m0/s1. The number of benzene rings is 1. The van der Waals surface area contributed by atoms with Gasteiger partial charge < -0.3 is 0 Å². The molecule has 1 aromatic carbocycles. The second-order valence-electron chi connectivity index (χ2n) is 4.99. The Kier molecular flexibility index (Phi) is 4.70. The number of aryl methyl sites for hydroxylation is 1. The van der Waals surface area contributed by atoms with Gasteiger partial charge in [-0.25, -0.2) is 9.97 Å². The highest BCUT2D eigenvalue weighted by atomic mass is 32.2. The van der Waals surface area contributed by atoms with Gasteiger partial charge in [0.25, 0.3) is 0 Å². The van der Waals surface area contributed by atoms with E-state index in [1.807, 2.05) is 48.7 Å². The van der Waals surface area contributed by atoms with Crippen molar-refractivity contribution in [2.45, 2.75) is 17.9 Å². The van der Waals surface area contributed by atoms with Crippen LogP contribution in [0.25, 0.3) is 10.9 Å². The fraction of sp³-hybridized carbons (Fsp3) is 0.176. The molecule has 0 fully saturated rings. The van der Waals surface area contributed by atoms with Crippen molar-refractivity contribution in [3.8, 4) is 6.07 Å². The fourth-order valence-corrected chi connectivity index (χ4v) is 3.77. The van der Waals surface area contributed by atoms with Crippen molar-refractivity contribution in [2.24, 2.45) is 0 Å². The van der Waals surface area contributed by atoms with Crippen LogP contribution in [0.5, 0.6) is 0 Å². The predicted octanol–water partition coefficient (Wildman–Crippen LogP) is 3.97. The molecule has 3 rings (SSSR count). The molecular weight excluding hydrogens is 326 g/mol. The number of pyridine rings is 1. The maximum atomic E-state index is 12.3. The van der Waals surface area contributed by atoms with Crippen LogP contribution in [0.4, 0.5) is 0 Å². The maximum Gasteiger partial charge on any atom is 0.167 e. The molecule has 3 aromatic rings. The topological polar surface area (TPSA) is 66.6 Å². The average molecular weight is 339 g/mol. The van der Waals surface area contributed by atoms with Gasteiger partial charge in [-0.15, -0.1) is 11.3 Å². The first-order chi connectivity index (χ1) is 11.2. The van der Waals surface area contributed by atoms with E-state index in [4.69, 9.17) is 0 Å². The molecule has 2 aromatic heterocycles. The number of thiazole rings is 1. The van der Waals surface area contributed by atoms with E-state index in [1.54, 1.807) is 0 Å². The van der Waals surface area contributed by atoms with Gasteiger partial charge in [0.15, 0.2) is 11.7 Å². The minimum Gasteiger partial charge on any atom is -0.297 e. The van der Waals surface area contributed by atoms with E-state index in [-0.39, 0.29) is 11.5 Å². The van der Waals surface area contributed by atoms with E-state index in [2.05, 4.69) is 16.0 Å². The summed E-state index contributed by atoms with van der Waals surface area (Å²) in [5.41, 5.74) is 1.74. The van der Waals surface area contributed by atoms with Crippen LogP contribution < -0.4 is 0 Å². The number of thioether (sulfide) groups is 1. The van der Waals surface area contributed by atoms with Gasteiger partial charge in [0.05, 0.1) is 22.4 Å². The molecule has 0 amide bonds. The van der Waals surface area contributed by atoms with Gasteiger partial charge in [-0.2, -0.15) is 5.26 Å². The number of carbonyl (C=O) groups excluding carboxylic acids is 1. The number of nitrogens with zero attached hydrogens (tertiary/aromatic N) is 3. The molecule has 0 radical (unpaired) electrons. The van der Waals surface area contributed by atoms with Crippen LogP contribution in [0.15, 0.2) is 46.8 Å². The number of fused-ring (bicyclic) bond motifs is 1. The summed E-state index contributed by atoms with van der Waals surface area (Å²) in [6.45, 7) is 1.85. The molecule has 0 bridgehead atoms. The van der Waals surface area contributed by atoms with E-state index in [9.17, 15) is 10.1 Å². The summed E-state index contributed by atoms with van der Waals surface area (Å²) in [7, 11) is 0. The van der Waals surface area contributed by atoms with Crippen molar-refractivity contribution in [3.05, 3.63) is 52.5 Å². The number of Topliss-reactive ketones (excluding diaryl/α,β-unsaturated/α-hetero) is 1. The number of para-hydroxylation sites is 1. The van der Waals surface area contributed by atoms with Crippen LogP contribution in [0.2, 0.25) is 0 Å². The minimum atomic E-state index is -0.790. The number of aromatic nitrogens is 2. The first kappa shape index (κ1) is 15.7. The Labute approximate surface area is 142 Å². The summed E-state index contributed by atoms with van der Waals surface area (Å²) in [5.74, 6) is -0.717. The van der Waals surface area contributed by atoms with Gasteiger partial charge in [-0.05, 0) is 19.1 Å². The third kappa shape index (κ3) is 3.58. The van der Waals surface area contributed by atoms with Gasteiger partial charge in [0, 0.05) is 16.5 Å². The molecule has 0 aliphatic heterocycles. The molecule has 23 heavy (non-hydrogen) atoms. The number of rotatable bonds is 5. The molecule has 6 heteroatoms. The number of carbonyl (C=O) groups is 1. The molecule has 0 saturated heterocycles. The van der Waals surface area contributed by atoms with Crippen LogP contribution >= 0.6 is 23.1 Å². The van der Waals surface area contributed by atoms with Gasteiger partial charge in [-0.1, -0.05) is 36.0 Å². The van der Waals surface area contributed by atoms with Crippen molar-refractivity contribution in [2.75, 3.05) is 5.75 Å². The lowest BCUT2D eigenvalue weighted by atomic mass is 10.1. The van der Waals surface area contributed by atoms with Crippen molar-refractivity contribution >= 4 is 39.8 Å². The zero-order valence-corrected chi connectivity index (χ0v) is 14.0. The van der Waals surface area contributed by atoms with E-state index in [0.29, 0.717) is 5.01 Å². The van der Waals surface area contributed by atoms with Crippen molar-refractivity contribution in [3.63, 3.8) is 0 Å². The summed E-state index contributed by atoms with van der Waals surface area (Å²) in [4.78, 5) is 21.1. The van der Waals surface area contributed by atoms with Gasteiger partial charge in [0.2, 0.25) is 0 Å². The van der Waals surface area contributed by atoms with E-state index in [1.165, 1.54) is 23.1 Å². The first-order valence-electron chi connectivity index (χ1n) is 7.00. The van der Waals surface area contributed by atoms with Crippen LogP contribution in [-0.2, 0) is 4.79 Å².